The van der Waals surface area contributed by atoms with Gasteiger partial charge in [0.25, 0.3) is 0 Å². The number of carbonyl (C=O) groups excluding carboxylic acids is 1. The van der Waals surface area contributed by atoms with Gasteiger partial charge in [0.1, 0.15) is 6.10 Å². The molecule has 1 heterocycles. The van der Waals surface area contributed by atoms with Gasteiger partial charge >= 0.3 is 18.3 Å². The van der Waals surface area contributed by atoms with Crippen molar-refractivity contribution in [3.8, 4) is 0 Å². The zero-order valence-corrected chi connectivity index (χ0v) is 13.8. The third kappa shape index (κ3) is 5.34. The van der Waals surface area contributed by atoms with Crippen molar-refractivity contribution in [2.24, 2.45) is 0 Å². The molecule has 0 aliphatic carbocycles. The summed E-state index contributed by atoms with van der Waals surface area (Å²) in [6.07, 6.45) is -10.2. The topological polar surface area (TPSA) is 41.6 Å². The van der Waals surface area contributed by atoms with Gasteiger partial charge in [0, 0.05) is 25.7 Å². The number of hydrogen-bond acceptors (Lipinski definition) is 4. The fraction of sp³-hybridized carbons (Fsp3) is 0.562. The zero-order chi connectivity index (χ0) is 19.5. The third-order valence-electron chi connectivity index (χ3n) is 4.14. The largest absolute Gasteiger partial charge is 0.490 e. The smallest absolute Gasteiger partial charge is 0.454 e. The van der Waals surface area contributed by atoms with Crippen molar-refractivity contribution in [2.45, 2.75) is 30.9 Å². The Balaban J connectivity index is 1.98. The van der Waals surface area contributed by atoms with Gasteiger partial charge in [0.2, 0.25) is 0 Å². The Morgan fingerprint density at radius 2 is 2.00 bits per heavy atom. The average molecular weight is 384 g/mol. The van der Waals surface area contributed by atoms with Gasteiger partial charge in [-0.1, -0.05) is 12.1 Å². The molecular weight excluding hydrogens is 366 g/mol. The van der Waals surface area contributed by atoms with Crippen molar-refractivity contribution >= 4 is 5.97 Å². The van der Waals surface area contributed by atoms with E-state index in [9.17, 15) is 31.1 Å². The summed E-state index contributed by atoms with van der Waals surface area (Å²) in [5.74, 6) is -2.23. The van der Waals surface area contributed by atoms with E-state index in [2.05, 4.69) is 10.1 Å². The number of halogens is 6. The molecule has 0 aromatic heterocycles. The first-order chi connectivity index (χ1) is 12.0. The molecule has 0 radical (unpaired) electrons. The number of carbonyl (C=O) groups is 1. The molecule has 1 saturated heterocycles. The molecule has 26 heavy (non-hydrogen) atoms. The molecule has 146 valence electrons. The average Bonchev–Trinajstić information content (AvgIpc) is 2.98. The quantitative estimate of drug-likeness (QED) is 0.626. The number of alkyl halides is 6. The summed E-state index contributed by atoms with van der Waals surface area (Å²) in [6.45, 7) is 0.754. The second-order valence-corrected chi connectivity index (χ2v) is 6.04. The van der Waals surface area contributed by atoms with Gasteiger partial charge in [0.05, 0.1) is 5.56 Å². The molecule has 10 heteroatoms. The standard InChI is InChI=1S/C16H18F6N2O2/c1-23-13(10-3-2-4-11(7-10)15(17,18)19)9-24-6-5-12(8-24)26-14(25)16(20,21)22/h2-4,7,12-13,23H,5-6,8-9H2,1H3/t12-,13-/m0/s1. The molecule has 2 rings (SSSR count). The van der Waals surface area contributed by atoms with Crippen LogP contribution in [0.5, 0.6) is 0 Å². The molecule has 1 aliphatic heterocycles. The van der Waals surface area contributed by atoms with Crippen LogP contribution in [-0.2, 0) is 15.7 Å². The number of rotatable bonds is 5. The van der Waals surface area contributed by atoms with Gasteiger partial charge in [-0.2, -0.15) is 26.3 Å². The maximum Gasteiger partial charge on any atom is 0.490 e. The number of hydrogen-bond donors (Lipinski definition) is 1. The molecule has 0 amide bonds. The minimum Gasteiger partial charge on any atom is -0.454 e. The second-order valence-electron chi connectivity index (χ2n) is 6.04. The van der Waals surface area contributed by atoms with Crippen LogP contribution in [0.2, 0.25) is 0 Å². The Morgan fingerprint density at radius 3 is 2.58 bits per heavy atom. The highest BCUT2D eigenvalue weighted by molar-refractivity contribution is 5.75. The highest BCUT2D eigenvalue weighted by Crippen LogP contribution is 2.31. The van der Waals surface area contributed by atoms with Gasteiger partial charge in [-0.3, -0.25) is 4.90 Å². The molecule has 4 nitrogen and oxygen atoms in total. The highest BCUT2D eigenvalue weighted by atomic mass is 19.4. The van der Waals surface area contributed by atoms with Crippen molar-refractivity contribution in [1.29, 1.82) is 0 Å². The molecular formula is C16H18F6N2O2. The van der Waals surface area contributed by atoms with E-state index in [-0.39, 0.29) is 19.5 Å². The van der Waals surface area contributed by atoms with Crippen LogP contribution in [-0.4, -0.2) is 49.8 Å². The van der Waals surface area contributed by atoms with Crippen LogP contribution in [0.1, 0.15) is 23.6 Å². The van der Waals surface area contributed by atoms with Crippen LogP contribution in [0, 0.1) is 0 Å². The predicted octanol–water partition coefficient (Wildman–Crippen LogP) is 3.15. The van der Waals surface area contributed by atoms with Crippen LogP contribution < -0.4 is 5.32 Å². The number of likely N-dealkylation sites (tertiary alicyclic amines) is 1. The summed E-state index contributed by atoms with van der Waals surface area (Å²) in [4.78, 5) is 12.6. The lowest BCUT2D eigenvalue weighted by atomic mass is 10.0. The van der Waals surface area contributed by atoms with Crippen molar-refractivity contribution in [3.63, 3.8) is 0 Å². The fourth-order valence-electron chi connectivity index (χ4n) is 2.83. The summed E-state index contributed by atoms with van der Waals surface area (Å²) >= 11 is 0. The normalized spacial score (nSPS) is 20.2. The highest BCUT2D eigenvalue weighted by Gasteiger charge is 2.43. The molecule has 0 unspecified atom stereocenters. The van der Waals surface area contributed by atoms with E-state index in [4.69, 9.17) is 0 Å². The minimum atomic E-state index is -5.04. The van der Waals surface area contributed by atoms with Gasteiger partial charge in [-0.05, 0) is 31.2 Å². The minimum absolute atomic E-state index is 0.0962. The molecule has 1 aromatic carbocycles. The molecule has 1 aliphatic rings. The third-order valence-corrected chi connectivity index (χ3v) is 4.14. The molecule has 0 spiro atoms. The van der Waals surface area contributed by atoms with Crippen LogP contribution in [0.25, 0.3) is 0 Å². The first kappa shape index (κ1) is 20.5. The Labute approximate surface area is 146 Å². The Bertz CT molecular complexity index is 632. The van der Waals surface area contributed by atoms with Crippen molar-refractivity contribution in [2.75, 3.05) is 26.7 Å². The molecule has 1 aromatic rings. The van der Waals surface area contributed by atoms with Crippen LogP contribution in [0.3, 0.4) is 0 Å². The number of esters is 1. The Kier molecular flexibility index (Phi) is 6.17. The Morgan fingerprint density at radius 1 is 1.31 bits per heavy atom. The number of nitrogens with zero attached hydrogens (tertiary/aromatic N) is 1. The van der Waals surface area contributed by atoms with Gasteiger partial charge in [-0.25, -0.2) is 4.79 Å². The SMILES string of the molecule is CN[C@@H](CN1CC[C@H](OC(=O)C(F)(F)F)C1)c1cccc(C(F)(F)F)c1. The number of benzene rings is 1. The summed E-state index contributed by atoms with van der Waals surface area (Å²) < 4.78 is 79.6. The molecule has 2 atom stereocenters. The monoisotopic (exact) mass is 384 g/mol. The summed E-state index contributed by atoms with van der Waals surface area (Å²) in [5.41, 5.74) is -0.355. The maximum atomic E-state index is 12.8. The first-order valence-corrected chi connectivity index (χ1v) is 7.85. The van der Waals surface area contributed by atoms with E-state index < -0.39 is 36.0 Å². The predicted molar refractivity (Wildman–Crippen MR) is 80.2 cm³/mol. The lowest BCUT2D eigenvalue weighted by molar-refractivity contribution is -0.204. The molecule has 0 saturated carbocycles. The van der Waals surface area contributed by atoms with Crippen LogP contribution in [0.15, 0.2) is 24.3 Å². The lowest BCUT2D eigenvalue weighted by Crippen LogP contribution is -2.35. The fourth-order valence-corrected chi connectivity index (χ4v) is 2.83. The van der Waals surface area contributed by atoms with E-state index >= 15 is 0 Å². The zero-order valence-electron chi connectivity index (χ0n) is 13.8. The van der Waals surface area contributed by atoms with Crippen molar-refractivity contribution < 1.29 is 35.9 Å². The second kappa shape index (κ2) is 7.83. The Hall–Kier alpha value is -1.81. The number of likely N-dealkylation sites (N-methyl/N-ethyl adjacent to an activating group) is 1. The van der Waals surface area contributed by atoms with Gasteiger partial charge in [0.15, 0.2) is 0 Å². The summed E-state index contributed by atoms with van der Waals surface area (Å²) in [5, 5.41) is 2.91. The van der Waals surface area contributed by atoms with Crippen LogP contribution in [0.4, 0.5) is 26.3 Å². The number of ether oxygens (including phenoxy) is 1. The van der Waals surface area contributed by atoms with Crippen LogP contribution >= 0.6 is 0 Å². The lowest BCUT2D eigenvalue weighted by Gasteiger charge is -2.24. The van der Waals surface area contributed by atoms with Gasteiger partial charge in [-0.15, -0.1) is 0 Å². The maximum absolute atomic E-state index is 12.8. The molecule has 1 fully saturated rings. The van der Waals surface area contributed by atoms with Crippen molar-refractivity contribution in [3.05, 3.63) is 35.4 Å². The number of nitrogens with one attached hydrogen (secondary N) is 1. The van der Waals surface area contributed by atoms with E-state index in [0.29, 0.717) is 12.1 Å². The molecule has 0 bridgehead atoms. The summed E-state index contributed by atoms with van der Waals surface area (Å²) in [6, 6.07) is 4.42. The van der Waals surface area contributed by atoms with E-state index in [1.165, 1.54) is 6.07 Å². The van der Waals surface area contributed by atoms with E-state index in [1.807, 2.05) is 0 Å². The summed E-state index contributed by atoms with van der Waals surface area (Å²) in [7, 11) is 1.59. The van der Waals surface area contributed by atoms with Gasteiger partial charge < -0.3 is 10.1 Å². The molecule has 1 N–H and O–H groups in total. The van der Waals surface area contributed by atoms with E-state index in [1.54, 1.807) is 18.0 Å². The van der Waals surface area contributed by atoms with Crippen molar-refractivity contribution in [1.82, 2.24) is 10.2 Å². The van der Waals surface area contributed by atoms with E-state index in [0.717, 1.165) is 12.1 Å². The first-order valence-electron chi connectivity index (χ1n) is 7.85.